The van der Waals surface area contributed by atoms with Crippen LogP contribution in [0.15, 0.2) is 0 Å². The molecule has 2 heteroatoms. The fraction of sp³-hybridized carbons (Fsp3) is 1.00. The summed E-state index contributed by atoms with van der Waals surface area (Å²) in [5, 5.41) is 13.0. The standard InChI is InChI=1S/C13H27NO/c1-4-11-7-6-8-12(11)14-9-13(3,5-2)10-15/h11-12,14-15H,4-10H2,1-3H3. The number of hydrogen-bond acceptors (Lipinski definition) is 2. The lowest BCUT2D eigenvalue weighted by Crippen LogP contribution is -2.41. The Morgan fingerprint density at radius 2 is 2.07 bits per heavy atom. The highest BCUT2D eigenvalue weighted by atomic mass is 16.3. The van der Waals surface area contributed by atoms with Gasteiger partial charge in [0.05, 0.1) is 0 Å². The minimum atomic E-state index is 0.0703. The van der Waals surface area contributed by atoms with Crippen LogP contribution in [0.1, 0.15) is 52.9 Å². The first-order valence-corrected chi connectivity index (χ1v) is 6.49. The summed E-state index contributed by atoms with van der Waals surface area (Å²) < 4.78 is 0. The number of aliphatic hydroxyl groups excluding tert-OH is 1. The summed E-state index contributed by atoms with van der Waals surface area (Å²) >= 11 is 0. The van der Waals surface area contributed by atoms with E-state index in [9.17, 15) is 5.11 Å². The van der Waals surface area contributed by atoms with Gasteiger partial charge in [-0.25, -0.2) is 0 Å². The van der Waals surface area contributed by atoms with Crippen LogP contribution in [-0.4, -0.2) is 24.3 Å². The van der Waals surface area contributed by atoms with Gasteiger partial charge in [-0.1, -0.05) is 33.6 Å². The molecule has 1 aliphatic carbocycles. The lowest BCUT2D eigenvalue weighted by atomic mass is 9.88. The predicted octanol–water partition coefficient (Wildman–Crippen LogP) is 2.56. The Morgan fingerprint density at radius 1 is 1.33 bits per heavy atom. The van der Waals surface area contributed by atoms with E-state index in [4.69, 9.17) is 0 Å². The highest BCUT2D eigenvalue weighted by Gasteiger charge is 2.28. The molecular weight excluding hydrogens is 186 g/mol. The second-order valence-corrected chi connectivity index (χ2v) is 5.41. The molecule has 3 atom stereocenters. The smallest absolute Gasteiger partial charge is 0.0496 e. The van der Waals surface area contributed by atoms with Crippen LogP contribution in [0.25, 0.3) is 0 Å². The Bertz CT molecular complexity index is 177. The number of aliphatic hydroxyl groups is 1. The van der Waals surface area contributed by atoms with Crippen LogP contribution in [0.3, 0.4) is 0 Å². The summed E-state index contributed by atoms with van der Waals surface area (Å²) in [5.41, 5.74) is 0.0703. The average Bonchev–Trinajstić information content (AvgIpc) is 2.73. The maximum Gasteiger partial charge on any atom is 0.0496 e. The Kier molecular flexibility index (Phi) is 5.07. The van der Waals surface area contributed by atoms with Crippen molar-refractivity contribution in [3.63, 3.8) is 0 Å². The SMILES string of the molecule is CCC1CCCC1NCC(C)(CC)CO. The molecule has 15 heavy (non-hydrogen) atoms. The Hall–Kier alpha value is -0.0800. The van der Waals surface area contributed by atoms with E-state index >= 15 is 0 Å². The van der Waals surface area contributed by atoms with E-state index in [2.05, 4.69) is 26.1 Å². The first kappa shape index (κ1) is 13.0. The Labute approximate surface area is 94.5 Å². The molecule has 1 aliphatic rings. The maximum absolute atomic E-state index is 9.34. The molecule has 0 amide bonds. The van der Waals surface area contributed by atoms with Gasteiger partial charge in [-0.3, -0.25) is 0 Å². The quantitative estimate of drug-likeness (QED) is 0.711. The van der Waals surface area contributed by atoms with Gasteiger partial charge in [-0.05, 0) is 25.2 Å². The van der Waals surface area contributed by atoms with Crippen LogP contribution in [0.2, 0.25) is 0 Å². The second kappa shape index (κ2) is 5.86. The van der Waals surface area contributed by atoms with Crippen LogP contribution >= 0.6 is 0 Å². The van der Waals surface area contributed by atoms with E-state index in [1.165, 1.54) is 25.7 Å². The molecule has 1 saturated carbocycles. The topological polar surface area (TPSA) is 32.3 Å². The van der Waals surface area contributed by atoms with Gasteiger partial charge in [0.25, 0.3) is 0 Å². The summed E-state index contributed by atoms with van der Waals surface area (Å²) in [6, 6.07) is 0.701. The molecule has 1 rings (SSSR count). The molecular formula is C13H27NO. The molecule has 0 saturated heterocycles. The van der Waals surface area contributed by atoms with Gasteiger partial charge in [0, 0.05) is 24.6 Å². The molecule has 90 valence electrons. The Morgan fingerprint density at radius 3 is 2.60 bits per heavy atom. The van der Waals surface area contributed by atoms with Crippen LogP contribution in [0.5, 0.6) is 0 Å². The van der Waals surface area contributed by atoms with E-state index in [0.717, 1.165) is 18.9 Å². The first-order chi connectivity index (χ1) is 7.15. The molecule has 0 aromatic carbocycles. The third kappa shape index (κ3) is 3.46. The predicted molar refractivity (Wildman–Crippen MR) is 64.9 cm³/mol. The van der Waals surface area contributed by atoms with Crippen LogP contribution < -0.4 is 5.32 Å². The number of rotatable bonds is 6. The third-order valence-electron chi connectivity index (χ3n) is 4.21. The van der Waals surface area contributed by atoms with Crippen LogP contribution in [0.4, 0.5) is 0 Å². The summed E-state index contributed by atoms with van der Waals surface area (Å²) in [7, 11) is 0. The largest absolute Gasteiger partial charge is 0.396 e. The molecule has 0 bridgehead atoms. The van der Waals surface area contributed by atoms with E-state index in [1.807, 2.05) is 0 Å². The summed E-state index contributed by atoms with van der Waals surface area (Å²) in [6.45, 7) is 7.86. The zero-order valence-electron chi connectivity index (χ0n) is 10.6. The molecule has 2 N–H and O–H groups in total. The highest BCUT2D eigenvalue weighted by molar-refractivity contribution is 4.85. The Balaban J connectivity index is 2.35. The van der Waals surface area contributed by atoms with Gasteiger partial charge in [0.1, 0.15) is 0 Å². The van der Waals surface area contributed by atoms with Gasteiger partial charge in [0.2, 0.25) is 0 Å². The van der Waals surface area contributed by atoms with E-state index < -0.39 is 0 Å². The zero-order chi connectivity index (χ0) is 11.3. The third-order valence-corrected chi connectivity index (χ3v) is 4.21. The van der Waals surface area contributed by atoms with Crippen molar-refractivity contribution in [1.29, 1.82) is 0 Å². The van der Waals surface area contributed by atoms with E-state index in [-0.39, 0.29) is 5.41 Å². The monoisotopic (exact) mass is 213 g/mol. The molecule has 1 fully saturated rings. The van der Waals surface area contributed by atoms with E-state index in [0.29, 0.717) is 12.6 Å². The van der Waals surface area contributed by atoms with Crippen molar-refractivity contribution in [2.45, 2.75) is 58.9 Å². The van der Waals surface area contributed by atoms with Crippen molar-refractivity contribution < 1.29 is 5.11 Å². The lowest BCUT2D eigenvalue weighted by Gasteiger charge is -2.29. The number of hydrogen-bond donors (Lipinski definition) is 2. The molecule has 0 radical (unpaired) electrons. The van der Waals surface area contributed by atoms with Crippen LogP contribution in [0, 0.1) is 11.3 Å². The van der Waals surface area contributed by atoms with Gasteiger partial charge >= 0.3 is 0 Å². The second-order valence-electron chi connectivity index (χ2n) is 5.41. The van der Waals surface area contributed by atoms with Crippen molar-refractivity contribution in [2.24, 2.45) is 11.3 Å². The molecule has 0 aromatic heterocycles. The summed E-state index contributed by atoms with van der Waals surface area (Å²) in [5.74, 6) is 0.866. The van der Waals surface area contributed by atoms with E-state index in [1.54, 1.807) is 0 Å². The average molecular weight is 213 g/mol. The fourth-order valence-electron chi connectivity index (χ4n) is 2.46. The van der Waals surface area contributed by atoms with Crippen molar-refractivity contribution in [2.75, 3.05) is 13.2 Å². The number of nitrogens with one attached hydrogen (secondary N) is 1. The van der Waals surface area contributed by atoms with Crippen molar-refractivity contribution in [3.05, 3.63) is 0 Å². The summed E-state index contributed by atoms with van der Waals surface area (Å²) in [6.07, 6.45) is 6.41. The van der Waals surface area contributed by atoms with Gasteiger partial charge in [-0.2, -0.15) is 0 Å². The molecule has 2 nitrogen and oxygen atoms in total. The molecule has 0 spiro atoms. The van der Waals surface area contributed by atoms with Crippen molar-refractivity contribution in [3.8, 4) is 0 Å². The van der Waals surface area contributed by atoms with Gasteiger partial charge < -0.3 is 10.4 Å². The summed E-state index contributed by atoms with van der Waals surface area (Å²) in [4.78, 5) is 0. The maximum atomic E-state index is 9.34. The minimum Gasteiger partial charge on any atom is -0.396 e. The normalized spacial score (nSPS) is 30.4. The highest BCUT2D eigenvalue weighted by Crippen LogP contribution is 2.29. The molecule has 0 aromatic rings. The minimum absolute atomic E-state index is 0.0703. The lowest BCUT2D eigenvalue weighted by molar-refractivity contribution is 0.129. The van der Waals surface area contributed by atoms with Crippen molar-refractivity contribution in [1.82, 2.24) is 5.32 Å². The van der Waals surface area contributed by atoms with Gasteiger partial charge in [0.15, 0.2) is 0 Å². The molecule has 0 heterocycles. The van der Waals surface area contributed by atoms with Gasteiger partial charge in [-0.15, -0.1) is 0 Å². The zero-order valence-corrected chi connectivity index (χ0v) is 10.6. The van der Waals surface area contributed by atoms with Crippen LogP contribution in [-0.2, 0) is 0 Å². The first-order valence-electron chi connectivity index (χ1n) is 6.49. The molecule has 0 aliphatic heterocycles. The van der Waals surface area contributed by atoms with Crippen molar-refractivity contribution >= 4 is 0 Å². The fourth-order valence-corrected chi connectivity index (χ4v) is 2.46. The molecule has 3 unspecified atom stereocenters.